The number of methoxy groups -OCH3 is 2. The van der Waals surface area contributed by atoms with Crippen molar-refractivity contribution in [2.45, 2.75) is 13.3 Å². The number of hydrogen-bond acceptors (Lipinski definition) is 4. The first kappa shape index (κ1) is 14.1. The highest BCUT2D eigenvalue weighted by Gasteiger charge is 2.06. The Bertz CT molecular complexity index is 402. The van der Waals surface area contributed by atoms with Gasteiger partial charge >= 0.3 is 5.97 Å². The van der Waals surface area contributed by atoms with Gasteiger partial charge in [0.2, 0.25) is 0 Å². The van der Waals surface area contributed by atoms with Crippen molar-refractivity contribution in [3.8, 4) is 11.5 Å². The molecule has 1 aromatic carbocycles. The van der Waals surface area contributed by atoms with Gasteiger partial charge in [-0.1, -0.05) is 18.2 Å². The van der Waals surface area contributed by atoms with Crippen LogP contribution in [0.1, 0.15) is 18.9 Å². The molecule has 18 heavy (non-hydrogen) atoms. The molecule has 1 rings (SSSR count). The highest BCUT2D eigenvalue weighted by Crippen LogP contribution is 2.29. The van der Waals surface area contributed by atoms with E-state index in [2.05, 4.69) is 0 Å². The molecule has 4 nitrogen and oxygen atoms in total. The summed E-state index contributed by atoms with van der Waals surface area (Å²) < 4.78 is 15.3. The summed E-state index contributed by atoms with van der Waals surface area (Å²) in [5, 5.41) is 0. The molecule has 1 aromatic rings. The Morgan fingerprint density at radius 1 is 1.22 bits per heavy atom. The van der Waals surface area contributed by atoms with E-state index in [9.17, 15) is 4.79 Å². The molecule has 98 valence electrons. The number of carbonyl (C=O) groups is 1. The summed E-state index contributed by atoms with van der Waals surface area (Å²) in [5.74, 6) is 1.16. The lowest BCUT2D eigenvalue weighted by Crippen LogP contribution is -2.01. The van der Waals surface area contributed by atoms with Crippen molar-refractivity contribution in [2.75, 3.05) is 20.8 Å². The van der Waals surface area contributed by atoms with E-state index in [0.29, 0.717) is 18.1 Å². The predicted octanol–water partition coefficient (Wildman–Crippen LogP) is 2.67. The first-order chi connectivity index (χ1) is 8.72. The Balaban J connectivity index is 2.82. The first-order valence-electron chi connectivity index (χ1n) is 5.76. The smallest absolute Gasteiger partial charge is 0.309 e. The number of esters is 1. The summed E-state index contributed by atoms with van der Waals surface area (Å²) in [5.41, 5.74) is 0.812. The summed E-state index contributed by atoms with van der Waals surface area (Å²) >= 11 is 0. The molecule has 0 bridgehead atoms. The van der Waals surface area contributed by atoms with Crippen LogP contribution in [-0.2, 0) is 9.53 Å². The second kappa shape index (κ2) is 7.37. The molecule has 0 atom stereocenters. The van der Waals surface area contributed by atoms with Crippen molar-refractivity contribution in [3.05, 3.63) is 29.8 Å². The van der Waals surface area contributed by atoms with Crippen molar-refractivity contribution in [3.63, 3.8) is 0 Å². The molecule has 0 heterocycles. The molecule has 0 aliphatic carbocycles. The minimum atomic E-state index is -0.248. The van der Waals surface area contributed by atoms with Crippen LogP contribution in [0.2, 0.25) is 0 Å². The molecule has 0 aliphatic rings. The second-order valence-electron chi connectivity index (χ2n) is 3.49. The van der Waals surface area contributed by atoms with Gasteiger partial charge in [-0.15, -0.1) is 0 Å². The summed E-state index contributed by atoms with van der Waals surface area (Å²) in [7, 11) is 3.19. The Hall–Kier alpha value is -1.97. The van der Waals surface area contributed by atoms with Gasteiger partial charge in [-0.2, -0.15) is 0 Å². The van der Waals surface area contributed by atoms with Gasteiger partial charge in [0.1, 0.15) is 11.5 Å². The Labute approximate surface area is 107 Å². The molecule has 0 N–H and O–H groups in total. The molecule has 0 radical (unpaired) electrons. The molecule has 0 amide bonds. The molecular formula is C14H18O4. The summed E-state index contributed by atoms with van der Waals surface area (Å²) in [6.45, 7) is 2.18. The van der Waals surface area contributed by atoms with E-state index < -0.39 is 0 Å². The lowest BCUT2D eigenvalue weighted by molar-refractivity contribution is -0.142. The van der Waals surface area contributed by atoms with Crippen LogP contribution in [0.15, 0.2) is 24.3 Å². The van der Waals surface area contributed by atoms with Gasteiger partial charge in [0, 0.05) is 0 Å². The van der Waals surface area contributed by atoms with Gasteiger partial charge in [0.25, 0.3) is 0 Å². The molecule has 4 heteroatoms. The predicted molar refractivity (Wildman–Crippen MR) is 69.8 cm³/mol. The van der Waals surface area contributed by atoms with Crippen LogP contribution in [-0.4, -0.2) is 26.8 Å². The number of benzene rings is 1. The van der Waals surface area contributed by atoms with E-state index in [0.717, 1.165) is 5.56 Å². The Morgan fingerprint density at radius 2 is 1.83 bits per heavy atom. The van der Waals surface area contributed by atoms with E-state index in [1.54, 1.807) is 33.3 Å². The molecule has 0 saturated heterocycles. The molecular weight excluding hydrogens is 232 g/mol. The largest absolute Gasteiger partial charge is 0.496 e. The Kier molecular flexibility index (Phi) is 5.77. The minimum Gasteiger partial charge on any atom is -0.496 e. The normalized spacial score (nSPS) is 10.4. The van der Waals surface area contributed by atoms with E-state index in [-0.39, 0.29) is 12.4 Å². The maximum Gasteiger partial charge on any atom is 0.309 e. The van der Waals surface area contributed by atoms with Crippen molar-refractivity contribution >= 4 is 12.0 Å². The van der Waals surface area contributed by atoms with Crippen LogP contribution in [0.3, 0.4) is 0 Å². The third-order valence-corrected chi connectivity index (χ3v) is 2.34. The van der Waals surface area contributed by atoms with Crippen LogP contribution in [0, 0.1) is 0 Å². The van der Waals surface area contributed by atoms with E-state index >= 15 is 0 Å². The number of hydrogen-bond donors (Lipinski definition) is 0. The highest BCUT2D eigenvalue weighted by molar-refractivity contribution is 5.74. The maximum absolute atomic E-state index is 11.2. The fourth-order valence-corrected chi connectivity index (χ4v) is 1.54. The maximum atomic E-state index is 11.2. The standard InChI is InChI=1S/C14H18O4/c1-4-18-14(15)10-5-7-11-12(16-2)8-6-9-13(11)17-3/h5-9H,4,10H2,1-3H3. The topological polar surface area (TPSA) is 44.8 Å². The zero-order chi connectivity index (χ0) is 13.4. The van der Waals surface area contributed by atoms with Crippen LogP contribution in [0.5, 0.6) is 11.5 Å². The summed E-state index contributed by atoms with van der Waals surface area (Å²) in [6, 6.07) is 5.53. The quantitative estimate of drug-likeness (QED) is 0.728. The van der Waals surface area contributed by atoms with Gasteiger partial charge in [-0.05, 0) is 19.1 Å². The van der Waals surface area contributed by atoms with E-state index in [4.69, 9.17) is 14.2 Å². The van der Waals surface area contributed by atoms with Crippen LogP contribution < -0.4 is 9.47 Å². The van der Waals surface area contributed by atoms with E-state index in [1.165, 1.54) is 0 Å². The van der Waals surface area contributed by atoms with Crippen LogP contribution in [0.25, 0.3) is 6.08 Å². The van der Waals surface area contributed by atoms with Crippen molar-refractivity contribution in [1.82, 2.24) is 0 Å². The third-order valence-electron chi connectivity index (χ3n) is 2.34. The average molecular weight is 250 g/mol. The number of ether oxygens (including phenoxy) is 3. The Morgan fingerprint density at radius 3 is 2.33 bits per heavy atom. The zero-order valence-corrected chi connectivity index (χ0v) is 10.9. The van der Waals surface area contributed by atoms with Gasteiger partial charge in [-0.3, -0.25) is 4.79 Å². The summed E-state index contributed by atoms with van der Waals surface area (Å²) in [6.07, 6.45) is 3.77. The monoisotopic (exact) mass is 250 g/mol. The van der Waals surface area contributed by atoms with Gasteiger partial charge in [0.15, 0.2) is 0 Å². The molecule has 0 unspecified atom stereocenters. The highest BCUT2D eigenvalue weighted by atomic mass is 16.5. The van der Waals surface area contributed by atoms with Gasteiger partial charge < -0.3 is 14.2 Å². The van der Waals surface area contributed by atoms with Crippen molar-refractivity contribution in [1.29, 1.82) is 0 Å². The number of rotatable bonds is 6. The molecule has 0 aromatic heterocycles. The fraction of sp³-hybridized carbons (Fsp3) is 0.357. The minimum absolute atomic E-state index is 0.231. The zero-order valence-electron chi connectivity index (χ0n) is 10.9. The van der Waals surface area contributed by atoms with Crippen LogP contribution >= 0.6 is 0 Å². The third kappa shape index (κ3) is 3.80. The van der Waals surface area contributed by atoms with Crippen LogP contribution in [0.4, 0.5) is 0 Å². The van der Waals surface area contributed by atoms with Gasteiger partial charge in [-0.25, -0.2) is 0 Å². The van der Waals surface area contributed by atoms with E-state index in [1.807, 2.05) is 18.2 Å². The lowest BCUT2D eigenvalue weighted by atomic mass is 10.1. The second-order valence-corrected chi connectivity index (χ2v) is 3.49. The molecule has 0 saturated carbocycles. The molecule has 0 spiro atoms. The molecule has 0 aliphatic heterocycles. The van der Waals surface area contributed by atoms with Crippen molar-refractivity contribution < 1.29 is 19.0 Å². The average Bonchev–Trinajstić information content (AvgIpc) is 2.39. The number of carbonyl (C=O) groups excluding carboxylic acids is 1. The van der Waals surface area contributed by atoms with Crippen molar-refractivity contribution in [2.24, 2.45) is 0 Å². The van der Waals surface area contributed by atoms with Gasteiger partial charge in [0.05, 0.1) is 32.8 Å². The SMILES string of the molecule is CCOC(=O)CC=Cc1c(OC)cccc1OC. The lowest BCUT2D eigenvalue weighted by Gasteiger charge is -2.09. The molecule has 0 fully saturated rings. The summed E-state index contributed by atoms with van der Waals surface area (Å²) in [4.78, 5) is 11.2. The fourth-order valence-electron chi connectivity index (χ4n) is 1.54. The first-order valence-corrected chi connectivity index (χ1v) is 5.76.